The van der Waals surface area contributed by atoms with Crippen molar-refractivity contribution in [3.05, 3.63) is 107 Å². The van der Waals surface area contributed by atoms with E-state index in [0.29, 0.717) is 28.7 Å². The third-order valence-corrected chi connectivity index (χ3v) is 5.94. The Balaban J connectivity index is 1.46. The van der Waals surface area contributed by atoms with Crippen LogP contribution in [0.4, 0.5) is 17.6 Å². The highest BCUT2D eigenvalue weighted by Crippen LogP contribution is 2.32. The first-order valence-corrected chi connectivity index (χ1v) is 11.5. The molecule has 3 nitrogen and oxygen atoms in total. The molecule has 0 saturated carbocycles. The van der Waals surface area contributed by atoms with Gasteiger partial charge in [-0.1, -0.05) is 61.9 Å². The molecule has 0 bridgehead atoms. The third kappa shape index (κ3) is 5.21. The highest BCUT2D eigenvalue weighted by molar-refractivity contribution is 5.66. The Labute approximate surface area is 206 Å². The Kier molecular flexibility index (Phi) is 7.60. The maximum absolute atomic E-state index is 14.8. The van der Waals surface area contributed by atoms with Crippen molar-refractivity contribution in [2.75, 3.05) is 0 Å². The van der Waals surface area contributed by atoms with Crippen LogP contribution >= 0.6 is 0 Å². The van der Waals surface area contributed by atoms with E-state index in [0.717, 1.165) is 12.5 Å². The summed E-state index contributed by atoms with van der Waals surface area (Å²) in [6.45, 7) is 1.89. The Morgan fingerprint density at radius 1 is 0.694 bits per heavy atom. The Morgan fingerprint density at radius 2 is 1.25 bits per heavy atom. The molecule has 0 spiro atoms. The molecule has 0 amide bonds. The zero-order chi connectivity index (χ0) is 25.8. The second-order valence-corrected chi connectivity index (χ2v) is 8.41. The van der Waals surface area contributed by atoms with Crippen molar-refractivity contribution >= 4 is 0 Å². The van der Waals surface area contributed by atoms with E-state index in [1.807, 2.05) is 6.92 Å². The average molecular weight is 497 g/mol. The minimum absolute atomic E-state index is 0.0191. The molecule has 1 atom stereocenters. The molecule has 0 aliphatic carbocycles. The molecule has 0 fully saturated rings. The highest BCUT2D eigenvalue weighted by Gasteiger charge is 2.17. The van der Waals surface area contributed by atoms with Crippen molar-refractivity contribution in [1.82, 2.24) is 0 Å². The molecule has 186 valence electrons. The van der Waals surface area contributed by atoms with Crippen LogP contribution in [0, 0.1) is 23.3 Å². The summed E-state index contributed by atoms with van der Waals surface area (Å²) in [5.41, 5.74) is 2.22. The number of phenols is 1. The van der Waals surface area contributed by atoms with Gasteiger partial charge in [-0.2, -0.15) is 8.78 Å². The number of halogens is 4. The number of aliphatic hydroxyl groups is 1. The number of hydrogen-bond donors (Lipinski definition) is 2. The number of benzene rings is 4. The van der Waals surface area contributed by atoms with Crippen molar-refractivity contribution < 1.29 is 32.5 Å². The van der Waals surface area contributed by atoms with Crippen molar-refractivity contribution in [2.24, 2.45) is 0 Å². The summed E-state index contributed by atoms with van der Waals surface area (Å²) < 4.78 is 62.7. The lowest BCUT2D eigenvalue weighted by atomic mass is 9.99. The van der Waals surface area contributed by atoms with Crippen LogP contribution < -0.4 is 4.74 Å². The lowest BCUT2D eigenvalue weighted by Crippen LogP contribution is -2.01. The molecule has 0 aliphatic heterocycles. The van der Waals surface area contributed by atoms with Crippen molar-refractivity contribution in [3.63, 3.8) is 0 Å². The standard InChI is InChI=1S/C29H24F4O3/c1-2-3-23(34)20-10-8-19(9-11-20)22-13-15-25(29(33)27(22)31)36-16-17-4-6-18(7-5-17)21-12-14-24(35)28(32)26(21)30/h4-15,23,34-35H,2-3,16H2,1H3. The van der Waals surface area contributed by atoms with E-state index in [1.165, 1.54) is 30.3 Å². The van der Waals surface area contributed by atoms with Gasteiger partial charge in [-0.3, -0.25) is 0 Å². The number of aromatic hydroxyl groups is 1. The minimum atomic E-state index is -1.33. The summed E-state index contributed by atoms with van der Waals surface area (Å²) >= 11 is 0. The van der Waals surface area contributed by atoms with Gasteiger partial charge in [-0.05, 0) is 52.9 Å². The normalized spacial score (nSPS) is 11.9. The second kappa shape index (κ2) is 10.8. The molecule has 0 aliphatic rings. The Morgan fingerprint density at radius 3 is 1.86 bits per heavy atom. The van der Waals surface area contributed by atoms with Crippen LogP contribution in [0.25, 0.3) is 22.3 Å². The minimum Gasteiger partial charge on any atom is -0.505 e. The third-order valence-electron chi connectivity index (χ3n) is 5.94. The van der Waals surface area contributed by atoms with Gasteiger partial charge in [0.2, 0.25) is 11.6 Å². The van der Waals surface area contributed by atoms with Crippen LogP contribution in [-0.4, -0.2) is 10.2 Å². The quantitative estimate of drug-likeness (QED) is 0.246. The van der Waals surface area contributed by atoms with E-state index >= 15 is 0 Å². The van der Waals surface area contributed by atoms with Crippen LogP contribution in [0.1, 0.15) is 37.0 Å². The van der Waals surface area contributed by atoms with Crippen molar-refractivity contribution in [3.8, 4) is 33.8 Å². The van der Waals surface area contributed by atoms with Crippen molar-refractivity contribution in [2.45, 2.75) is 32.5 Å². The predicted molar refractivity (Wildman–Crippen MR) is 129 cm³/mol. The molecule has 36 heavy (non-hydrogen) atoms. The Bertz CT molecular complexity index is 1350. The molecule has 0 aromatic heterocycles. The monoisotopic (exact) mass is 496 g/mol. The molecule has 0 saturated heterocycles. The van der Waals surface area contributed by atoms with Gasteiger partial charge in [0.25, 0.3) is 0 Å². The summed E-state index contributed by atoms with van der Waals surface area (Å²) in [7, 11) is 0. The van der Waals surface area contributed by atoms with Gasteiger partial charge in [-0.25, -0.2) is 8.78 Å². The number of phenolic OH excluding ortho intramolecular Hbond substituents is 1. The van der Waals surface area contributed by atoms with E-state index in [2.05, 4.69) is 0 Å². The molecule has 2 N–H and O–H groups in total. The van der Waals surface area contributed by atoms with Crippen LogP contribution in [-0.2, 0) is 6.61 Å². The molecule has 4 rings (SSSR count). The fourth-order valence-corrected chi connectivity index (χ4v) is 3.89. The molecular weight excluding hydrogens is 472 g/mol. The molecule has 0 radical (unpaired) electrons. The Hall–Kier alpha value is -3.84. The lowest BCUT2D eigenvalue weighted by Gasteiger charge is -2.13. The largest absolute Gasteiger partial charge is 0.505 e. The summed E-state index contributed by atoms with van der Waals surface area (Å²) in [4.78, 5) is 0. The van der Waals surface area contributed by atoms with E-state index in [4.69, 9.17) is 4.74 Å². The molecular formula is C29H24F4O3. The SMILES string of the molecule is CCCC(O)c1ccc(-c2ccc(OCc3ccc(-c4ccc(O)c(F)c4F)cc3)c(F)c2F)cc1. The molecule has 0 heterocycles. The topological polar surface area (TPSA) is 49.7 Å². The fourth-order valence-electron chi connectivity index (χ4n) is 3.89. The van der Waals surface area contributed by atoms with E-state index in [-0.39, 0.29) is 23.5 Å². The lowest BCUT2D eigenvalue weighted by molar-refractivity contribution is 0.166. The number of rotatable bonds is 8. The van der Waals surface area contributed by atoms with Gasteiger partial charge in [0, 0.05) is 11.1 Å². The maximum atomic E-state index is 14.8. The first-order valence-electron chi connectivity index (χ1n) is 11.5. The first-order chi connectivity index (χ1) is 17.3. The molecule has 1 unspecified atom stereocenters. The summed E-state index contributed by atoms with van der Waals surface area (Å²) in [6.07, 6.45) is 0.839. The van der Waals surface area contributed by atoms with Crippen LogP contribution in [0.5, 0.6) is 11.5 Å². The zero-order valence-electron chi connectivity index (χ0n) is 19.4. The number of aliphatic hydroxyl groups excluding tert-OH is 1. The summed E-state index contributed by atoms with van der Waals surface area (Å²) in [5, 5.41) is 19.4. The summed E-state index contributed by atoms with van der Waals surface area (Å²) in [5.74, 6) is -5.70. The average Bonchev–Trinajstić information content (AvgIpc) is 2.89. The first kappa shape index (κ1) is 25.3. The fraction of sp³-hybridized carbons (Fsp3) is 0.172. The molecule has 7 heteroatoms. The van der Waals surface area contributed by atoms with Gasteiger partial charge in [0.15, 0.2) is 23.1 Å². The van der Waals surface area contributed by atoms with Gasteiger partial charge in [-0.15, -0.1) is 0 Å². The van der Waals surface area contributed by atoms with Crippen LogP contribution in [0.3, 0.4) is 0 Å². The van der Waals surface area contributed by atoms with E-state index in [9.17, 15) is 27.8 Å². The van der Waals surface area contributed by atoms with E-state index < -0.39 is 35.1 Å². The predicted octanol–water partition coefficient (Wildman–Crippen LogP) is 7.70. The molecule has 4 aromatic rings. The zero-order valence-corrected chi connectivity index (χ0v) is 19.4. The maximum Gasteiger partial charge on any atom is 0.201 e. The molecule has 4 aromatic carbocycles. The van der Waals surface area contributed by atoms with Gasteiger partial charge >= 0.3 is 0 Å². The van der Waals surface area contributed by atoms with Gasteiger partial charge in [0.1, 0.15) is 6.61 Å². The van der Waals surface area contributed by atoms with Crippen molar-refractivity contribution in [1.29, 1.82) is 0 Å². The van der Waals surface area contributed by atoms with Gasteiger partial charge < -0.3 is 14.9 Å². The second-order valence-electron chi connectivity index (χ2n) is 8.41. The van der Waals surface area contributed by atoms with Gasteiger partial charge in [0.05, 0.1) is 6.10 Å². The highest BCUT2D eigenvalue weighted by atomic mass is 19.2. The number of hydrogen-bond acceptors (Lipinski definition) is 3. The number of ether oxygens (including phenoxy) is 1. The van der Waals surface area contributed by atoms with E-state index in [1.54, 1.807) is 36.4 Å². The van der Waals surface area contributed by atoms with Crippen LogP contribution in [0.15, 0.2) is 72.8 Å². The summed E-state index contributed by atoms with van der Waals surface area (Å²) in [6, 6.07) is 18.0. The van der Waals surface area contributed by atoms with Crippen LogP contribution in [0.2, 0.25) is 0 Å². The smallest absolute Gasteiger partial charge is 0.201 e.